The fourth-order valence-corrected chi connectivity index (χ4v) is 0.307. The Morgan fingerprint density at radius 3 is 2.22 bits per heavy atom. The van der Waals surface area contributed by atoms with E-state index in [4.69, 9.17) is 5.11 Å². The molecule has 0 heterocycles. The van der Waals surface area contributed by atoms with Crippen molar-refractivity contribution in [3.05, 3.63) is 21.9 Å². The molecule has 0 aliphatic heterocycles. The van der Waals surface area contributed by atoms with E-state index in [-0.39, 0.29) is 0 Å². The summed E-state index contributed by atoms with van der Waals surface area (Å²) in [6, 6.07) is 0. The number of aliphatic carboxylic acids is 1. The van der Waals surface area contributed by atoms with Gasteiger partial charge in [-0.1, -0.05) is 0 Å². The van der Waals surface area contributed by atoms with Crippen molar-refractivity contribution in [3.63, 3.8) is 0 Å². The number of nitrogens with zero attached hydrogens (tertiary/aromatic N) is 1. The summed E-state index contributed by atoms with van der Waals surface area (Å²) in [4.78, 5) is 18.6. The molecule has 0 aliphatic carbocycles. The first kappa shape index (κ1) is 7.61. The average Bonchev–Trinajstić information content (AvgIpc) is 1.64. The number of hydrogen-bond acceptors (Lipinski definition) is 3. The van der Waals surface area contributed by atoms with E-state index in [1.54, 1.807) is 0 Å². The number of allylic oxidation sites excluding steroid dienone is 1. The fraction of sp³-hybridized carbons (Fsp3) is 0.250. The monoisotopic (exact) mass is 131 g/mol. The van der Waals surface area contributed by atoms with Crippen LogP contribution in [0.3, 0.4) is 0 Å². The van der Waals surface area contributed by atoms with Crippen molar-refractivity contribution in [1.82, 2.24) is 0 Å². The van der Waals surface area contributed by atoms with Crippen LogP contribution in [0.4, 0.5) is 0 Å². The Hall–Kier alpha value is -1.39. The van der Waals surface area contributed by atoms with E-state index in [0.717, 1.165) is 6.08 Å². The summed E-state index contributed by atoms with van der Waals surface area (Å²) < 4.78 is 0. The van der Waals surface area contributed by atoms with Gasteiger partial charge in [-0.15, -0.1) is 0 Å². The Morgan fingerprint density at radius 2 is 2.22 bits per heavy atom. The third kappa shape index (κ3) is 1.89. The first-order chi connectivity index (χ1) is 4.09. The number of nitro groups is 1. The summed E-state index contributed by atoms with van der Waals surface area (Å²) in [7, 11) is 0. The van der Waals surface area contributed by atoms with E-state index < -0.39 is 16.6 Å². The van der Waals surface area contributed by atoms with Gasteiger partial charge in [-0.25, -0.2) is 4.79 Å². The molecule has 0 saturated carbocycles. The summed E-state index contributed by atoms with van der Waals surface area (Å²) in [5.74, 6) is -1.51. The Balaban J connectivity index is 4.38. The van der Waals surface area contributed by atoms with Crippen LogP contribution in [0.1, 0.15) is 6.92 Å². The lowest BCUT2D eigenvalue weighted by molar-refractivity contribution is -0.421. The predicted molar refractivity (Wildman–Crippen MR) is 28.4 cm³/mol. The Bertz CT molecular complexity index is 155. The molecular formula is C4H5NO4. The first-order valence-corrected chi connectivity index (χ1v) is 2.13. The third-order valence-corrected chi connectivity index (χ3v) is 0.689. The van der Waals surface area contributed by atoms with Crippen LogP contribution in [0.2, 0.25) is 0 Å². The minimum atomic E-state index is -1.51. The van der Waals surface area contributed by atoms with Gasteiger partial charge < -0.3 is 5.11 Å². The zero-order valence-corrected chi connectivity index (χ0v) is 4.70. The lowest BCUT2D eigenvalue weighted by Gasteiger charge is -1.86. The van der Waals surface area contributed by atoms with Crippen molar-refractivity contribution in [3.8, 4) is 0 Å². The maximum Gasteiger partial charge on any atom is 0.407 e. The fourth-order valence-electron chi connectivity index (χ4n) is 0.307. The second-order valence-electron chi connectivity index (χ2n) is 1.24. The van der Waals surface area contributed by atoms with Gasteiger partial charge in [0.15, 0.2) is 0 Å². The zero-order chi connectivity index (χ0) is 7.44. The van der Waals surface area contributed by atoms with Crippen molar-refractivity contribution in [2.24, 2.45) is 0 Å². The van der Waals surface area contributed by atoms with E-state index in [1.807, 2.05) is 0 Å². The van der Waals surface area contributed by atoms with E-state index in [2.05, 4.69) is 0 Å². The average molecular weight is 131 g/mol. The topological polar surface area (TPSA) is 80.4 Å². The number of carboxylic acids is 1. The molecule has 0 aromatic carbocycles. The Labute approximate surface area is 50.8 Å². The van der Waals surface area contributed by atoms with Gasteiger partial charge in [0, 0.05) is 0 Å². The zero-order valence-electron chi connectivity index (χ0n) is 4.70. The molecule has 0 unspecified atom stereocenters. The minimum Gasteiger partial charge on any atom is -0.473 e. The van der Waals surface area contributed by atoms with Crippen LogP contribution < -0.4 is 0 Å². The minimum absolute atomic E-state index is 0.796. The highest BCUT2D eigenvalue weighted by molar-refractivity contribution is 5.83. The standard InChI is InChI=1S/C4H5NO4/c1-2-3(4(6)7)5(8)9/h2H,1H3,(H,6,7)/b3-2-. The van der Waals surface area contributed by atoms with Crippen molar-refractivity contribution in [2.75, 3.05) is 0 Å². The van der Waals surface area contributed by atoms with Gasteiger partial charge in [-0.05, 0) is 13.0 Å². The molecule has 0 atom stereocenters. The second kappa shape index (κ2) is 2.81. The van der Waals surface area contributed by atoms with Gasteiger partial charge in [-0.2, -0.15) is 0 Å². The number of hydrogen-bond donors (Lipinski definition) is 1. The highest BCUT2D eigenvalue weighted by Gasteiger charge is 2.17. The Morgan fingerprint density at radius 1 is 1.78 bits per heavy atom. The summed E-state index contributed by atoms with van der Waals surface area (Å²) in [5, 5.41) is 17.8. The molecule has 5 nitrogen and oxygen atoms in total. The van der Waals surface area contributed by atoms with Crippen molar-refractivity contribution >= 4 is 5.97 Å². The SMILES string of the molecule is C/C=C(/C(=O)O)[N+](=O)[O-]. The van der Waals surface area contributed by atoms with Crippen LogP contribution in [0.5, 0.6) is 0 Å². The summed E-state index contributed by atoms with van der Waals surface area (Å²) in [5.41, 5.74) is -0.796. The maximum atomic E-state index is 9.86. The molecule has 0 aromatic heterocycles. The van der Waals surface area contributed by atoms with E-state index in [9.17, 15) is 14.9 Å². The largest absolute Gasteiger partial charge is 0.473 e. The normalized spacial score (nSPS) is 11.0. The molecule has 50 valence electrons. The van der Waals surface area contributed by atoms with Gasteiger partial charge in [0.25, 0.3) is 0 Å². The molecule has 0 aliphatic rings. The molecule has 0 bridgehead atoms. The maximum absolute atomic E-state index is 9.86. The molecule has 0 saturated heterocycles. The van der Waals surface area contributed by atoms with Gasteiger partial charge in [0.05, 0.1) is 4.92 Å². The van der Waals surface area contributed by atoms with Crippen molar-refractivity contribution in [1.29, 1.82) is 0 Å². The molecule has 9 heavy (non-hydrogen) atoms. The second-order valence-corrected chi connectivity index (χ2v) is 1.24. The molecule has 0 spiro atoms. The number of rotatable bonds is 2. The van der Waals surface area contributed by atoms with Crippen molar-refractivity contribution < 1.29 is 14.8 Å². The van der Waals surface area contributed by atoms with Crippen LogP contribution >= 0.6 is 0 Å². The Kier molecular flexibility index (Phi) is 2.37. The van der Waals surface area contributed by atoms with Crippen LogP contribution in [-0.4, -0.2) is 16.0 Å². The van der Waals surface area contributed by atoms with Crippen LogP contribution in [-0.2, 0) is 4.79 Å². The molecule has 0 rings (SSSR count). The highest BCUT2D eigenvalue weighted by Crippen LogP contribution is 1.92. The molecule has 1 N–H and O–H groups in total. The van der Waals surface area contributed by atoms with Gasteiger partial charge in [0.2, 0.25) is 0 Å². The summed E-state index contributed by atoms with van der Waals surface area (Å²) >= 11 is 0. The van der Waals surface area contributed by atoms with Gasteiger partial charge in [0.1, 0.15) is 0 Å². The lowest BCUT2D eigenvalue weighted by Crippen LogP contribution is -2.09. The quantitative estimate of drug-likeness (QED) is 0.331. The summed E-state index contributed by atoms with van der Waals surface area (Å²) in [6.07, 6.45) is 0.933. The van der Waals surface area contributed by atoms with Gasteiger partial charge >= 0.3 is 11.7 Å². The molecule has 5 heteroatoms. The van der Waals surface area contributed by atoms with E-state index >= 15 is 0 Å². The van der Waals surface area contributed by atoms with E-state index in [0.29, 0.717) is 0 Å². The van der Waals surface area contributed by atoms with Crippen LogP contribution in [0.15, 0.2) is 11.8 Å². The van der Waals surface area contributed by atoms with Crippen LogP contribution in [0.25, 0.3) is 0 Å². The number of carboxylic acid groups (broad SMARTS) is 1. The predicted octanol–water partition coefficient (Wildman–Crippen LogP) is 0.252. The van der Waals surface area contributed by atoms with Gasteiger partial charge in [-0.3, -0.25) is 10.1 Å². The summed E-state index contributed by atoms with van der Waals surface area (Å²) in [6.45, 7) is 1.30. The third-order valence-electron chi connectivity index (χ3n) is 0.689. The van der Waals surface area contributed by atoms with E-state index in [1.165, 1.54) is 6.92 Å². The first-order valence-electron chi connectivity index (χ1n) is 2.13. The molecular weight excluding hydrogens is 126 g/mol. The van der Waals surface area contributed by atoms with Crippen molar-refractivity contribution in [2.45, 2.75) is 6.92 Å². The lowest BCUT2D eigenvalue weighted by atomic mass is 10.4. The van der Waals surface area contributed by atoms with Crippen LogP contribution in [0, 0.1) is 10.1 Å². The molecule has 0 fully saturated rings. The molecule has 0 radical (unpaired) electrons. The molecule has 0 amide bonds. The smallest absolute Gasteiger partial charge is 0.407 e. The molecule has 0 aromatic rings. The number of carbonyl (C=O) groups is 1. The highest BCUT2D eigenvalue weighted by atomic mass is 16.6.